The van der Waals surface area contributed by atoms with Gasteiger partial charge in [0, 0.05) is 13.0 Å². The van der Waals surface area contributed by atoms with E-state index in [4.69, 9.17) is 5.11 Å². The molecule has 2 aromatic rings. The van der Waals surface area contributed by atoms with Gasteiger partial charge in [0.2, 0.25) is 5.91 Å². The first-order valence-electron chi connectivity index (χ1n) is 7.63. The van der Waals surface area contributed by atoms with Gasteiger partial charge in [-0.2, -0.15) is 0 Å². The number of carbonyl (C=O) groups excluding carboxylic acids is 1. The van der Waals surface area contributed by atoms with Crippen molar-refractivity contribution in [2.45, 2.75) is 26.3 Å². The number of amides is 1. The highest BCUT2D eigenvalue weighted by Gasteiger charge is 2.17. The largest absolute Gasteiger partial charge is 0.480 e. The van der Waals surface area contributed by atoms with Crippen molar-refractivity contribution in [1.82, 2.24) is 4.90 Å². The fraction of sp³-hybridized carbons (Fsp3) is 0.263. The Labute approximate surface area is 136 Å². The normalized spacial score (nSPS) is 10.3. The lowest BCUT2D eigenvalue weighted by Gasteiger charge is -2.21. The zero-order valence-electron chi connectivity index (χ0n) is 13.2. The molecule has 23 heavy (non-hydrogen) atoms. The summed E-state index contributed by atoms with van der Waals surface area (Å²) in [6.07, 6.45) is 0.924. The van der Waals surface area contributed by atoms with Crippen LogP contribution in [0.2, 0.25) is 0 Å². The zero-order valence-corrected chi connectivity index (χ0v) is 13.2. The SMILES string of the molecule is Cc1ccc(CCC(=O)N(CC(=O)O)Cc2ccccc2)cc1. The molecule has 0 bridgehead atoms. The number of carboxylic acids is 1. The fourth-order valence-corrected chi connectivity index (χ4v) is 2.36. The second-order valence-corrected chi connectivity index (χ2v) is 5.61. The van der Waals surface area contributed by atoms with E-state index in [1.165, 1.54) is 10.5 Å². The summed E-state index contributed by atoms with van der Waals surface area (Å²) < 4.78 is 0. The Morgan fingerprint density at radius 3 is 2.22 bits per heavy atom. The average Bonchev–Trinajstić information content (AvgIpc) is 2.54. The van der Waals surface area contributed by atoms with Crippen LogP contribution in [0.5, 0.6) is 0 Å². The first kappa shape index (κ1) is 16.7. The molecule has 120 valence electrons. The monoisotopic (exact) mass is 311 g/mol. The molecule has 0 saturated heterocycles. The van der Waals surface area contributed by atoms with Gasteiger partial charge in [0.15, 0.2) is 0 Å². The Balaban J connectivity index is 1.98. The van der Waals surface area contributed by atoms with Crippen molar-refractivity contribution in [2.24, 2.45) is 0 Å². The van der Waals surface area contributed by atoms with Crippen molar-refractivity contribution in [3.63, 3.8) is 0 Å². The number of hydrogen-bond acceptors (Lipinski definition) is 2. The van der Waals surface area contributed by atoms with E-state index in [0.29, 0.717) is 19.4 Å². The molecule has 0 radical (unpaired) electrons. The number of nitrogens with zero attached hydrogens (tertiary/aromatic N) is 1. The second-order valence-electron chi connectivity index (χ2n) is 5.61. The maximum atomic E-state index is 12.4. The van der Waals surface area contributed by atoms with Gasteiger partial charge in [-0.25, -0.2) is 0 Å². The summed E-state index contributed by atoms with van der Waals surface area (Å²) in [5.41, 5.74) is 3.19. The molecule has 2 rings (SSSR count). The van der Waals surface area contributed by atoms with Gasteiger partial charge in [-0.05, 0) is 24.5 Å². The van der Waals surface area contributed by atoms with Gasteiger partial charge in [-0.15, -0.1) is 0 Å². The molecule has 4 heteroatoms. The van der Waals surface area contributed by atoms with Crippen LogP contribution in [0.3, 0.4) is 0 Å². The van der Waals surface area contributed by atoms with Crippen LogP contribution in [0.4, 0.5) is 0 Å². The van der Waals surface area contributed by atoms with Gasteiger partial charge in [0.1, 0.15) is 6.54 Å². The zero-order chi connectivity index (χ0) is 16.7. The number of aliphatic carboxylic acids is 1. The van der Waals surface area contributed by atoms with E-state index in [2.05, 4.69) is 0 Å². The van der Waals surface area contributed by atoms with Gasteiger partial charge >= 0.3 is 5.97 Å². The molecule has 4 nitrogen and oxygen atoms in total. The third-order valence-corrected chi connectivity index (χ3v) is 3.64. The van der Waals surface area contributed by atoms with Crippen LogP contribution in [0, 0.1) is 6.92 Å². The van der Waals surface area contributed by atoms with Crippen molar-refractivity contribution in [3.8, 4) is 0 Å². The van der Waals surface area contributed by atoms with Crippen LogP contribution in [-0.2, 0) is 22.6 Å². The van der Waals surface area contributed by atoms with Crippen LogP contribution in [0.1, 0.15) is 23.1 Å². The van der Waals surface area contributed by atoms with Gasteiger partial charge in [-0.3, -0.25) is 9.59 Å². The predicted octanol–water partition coefficient (Wildman–Crippen LogP) is 3.04. The minimum atomic E-state index is -0.996. The molecule has 1 amide bonds. The average molecular weight is 311 g/mol. The highest BCUT2D eigenvalue weighted by atomic mass is 16.4. The van der Waals surface area contributed by atoms with Gasteiger partial charge in [0.25, 0.3) is 0 Å². The Hall–Kier alpha value is -2.62. The van der Waals surface area contributed by atoms with Gasteiger partial charge in [-0.1, -0.05) is 60.2 Å². The van der Waals surface area contributed by atoms with E-state index in [-0.39, 0.29) is 12.5 Å². The first-order valence-corrected chi connectivity index (χ1v) is 7.63. The lowest BCUT2D eigenvalue weighted by atomic mass is 10.1. The summed E-state index contributed by atoms with van der Waals surface area (Å²) in [7, 11) is 0. The molecule has 0 spiro atoms. The van der Waals surface area contributed by atoms with E-state index in [1.54, 1.807) is 0 Å². The molecule has 0 heterocycles. The highest BCUT2D eigenvalue weighted by molar-refractivity contribution is 5.81. The molecule has 2 aromatic carbocycles. The summed E-state index contributed by atoms with van der Waals surface area (Å²) in [6.45, 7) is 2.06. The number of hydrogen-bond donors (Lipinski definition) is 1. The number of rotatable bonds is 7. The summed E-state index contributed by atoms with van der Waals surface area (Å²) in [6, 6.07) is 17.5. The minimum absolute atomic E-state index is 0.142. The molecular formula is C19H21NO3. The van der Waals surface area contributed by atoms with Crippen molar-refractivity contribution < 1.29 is 14.7 Å². The standard InChI is InChI=1S/C19H21NO3/c1-15-7-9-16(10-8-15)11-12-18(21)20(14-19(22)23)13-17-5-3-2-4-6-17/h2-10H,11-14H2,1H3,(H,22,23). The number of benzene rings is 2. The summed E-state index contributed by atoms with van der Waals surface area (Å²) in [4.78, 5) is 24.8. The van der Waals surface area contributed by atoms with Crippen LogP contribution in [-0.4, -0.2) is 28.4 Å². The third-order valence-electron chi connectivity index (χ3n) is 3.64. The number of carbonyl (C=O) groups is 2. The minimum Gasteiger partial charge on any atom is -0.480 e. The highest BCUT2D eigenvalue weighted by Crippen LogP contribution is 2.10. The van der Waals surface area contributed by atoms with Crippen LogP contribution < -0.4 is 0 Å². The van der Waals surface area contributed by atoms with E-state index in [9.17, 15) is 9.59 Å². The van der Waals surface area contributed by atoms with Crippen molar-refractivity contribution in [3.05, 3.63) is 71.3 Å². The Bertz CT molecular complexity index is 650. The molecule has 0 aromatic heterocycles. The third kappa shape index (κ3) is 5.58. The fourth-order valence-electron chi connectivity index (χ4n) is 2.36. The Morgan fingerprint density at radius 1 is 0.957 bits per heavy atom. The van der Waals surface area contributed by atoms with Gasteiger partial charge in [0.05, 0.1) is 0 Å². The summed E-state index contributed by atoms with van der Waals surface area (Å²) >= 11 is 0. The molecule has 0 aliphatic carbocycles. The molecule has 0 atom stereocenters. The summed E-state index contributed by atoms with van der Waals surface area (Å²) in [5, 5.41) is 9.03. The molecular weight excluding hydrogens is 290 g/mol. The molecule has 1 N–H and O–H groups in total. The van der Waals surface area contributed by atoms with Crippen LogP contribution in [0.25, 0.3) is 0 Å². The second kappa shape index (κ2) is 8.13. The van der Waals surface area contributed by atoms with Crippen molar-refractivity contribution in [2.75, 3.05) is 6.54 Å². The lowest BCUT2D eigenvalue weighted by Crippen LogP contribution is -2.35. The Kier molecular flexibility index (Phi) is 5.92. The predicted molar refractivity (Wildman–Crippen MR) is 89.0 cm³/mol. The molecule has 0 unspecified atom stereocenters. The van der Waals surface area contributed by atoms with E-state index >= 15 is 0 Å². The molecule has 0 aliphatic rings. The summed E-state index contributed by atoms with van der Waals surface area (Å²) in [5.74, 6) is -1.14. The van der Waals surface area contributed by atoms with E-state index < -0.39 is 5.97 Å². The Morgan fingerprint density at radius 2 is 1.61 bits per heavy atom. The molecule has 0 saturated carbocycles. The molecule has 0 fully saturated rings. The van der Waals surface area contributed by atoms with Crippen molar-refractivity contribution >= 4 is 11.9 Å². The van der Waals surface area contributed by atoms with Crippen LogP contribution >= 0.6 is 0 Å². The van der Waals surface area contributed by atoms with Gasteiger partial charge < -0.3 is 10.0 Å². The van der Waals surface area contributed by atoms with E-state index in [0.717, 1.165) is 11.1 Å². The quantitative estimate of drug-likeness (QED) is 0.855. The smallest absolute Gasteiger partial charge is 0.323 e. The van der Waals surface area contributed by atoms with Crippen molar-refractivity contribution in [1.29, 1.82) is 0 Å². The topological polar surface area (TPSA) is 57.6 Å². The number of carboxylic acid groups (broad SMARTS) is 1. The maximum absolute atomic E-state index is 12.4. The lowest BCUT2D eigenvalue weighted by molar-refractivity contribution is -0.144. The van der Waals surface area contributed by atoms with Crippen LogP contribution in [0.15, 0.2) is 54.6 Å². The number of aryl methyl sites for hydroxylation is 2. The maximum Gasteiger partial charge on any atom is 0.323 e. The first-order chi connectivity index (χ1) is 11.0. The molecule has 0 aliphatic heterocycles. The van der Waals surface area contributed by atoms with E-state index in [1.807, 2.05) is 61.5 Å².